The second kappa shape index (κ2) is 4.78. The van der Waals surface area contributed by atoms with Crippen molar-refractivity contribution < 1.29 is 4.92 Å². The van der Waals surface area contributed by atoms with Gasteiger partial charge in [-0.15, -0.1) is 0 Å². The quantitative estimate of drug-likeness (QED) is 0.618. The Morgan fingerprint density at radius 1 is 1.35 bits per heavy atom. The van der Waals surface area contributed by atoms with Gasteiger partial charge in [0.2, 0.25) is 0 Å². The van der Waals surface area contributed by atoms with E-state index in [0.717, 1.165) is 37.1 Å². The number of aromatic nitrogens is 2. The molecule has 0 bridgehead atoms. The van der Waals surface area contributed by atoms with Crippen molar-refractivity contribution in [3.05, 3.63) is 51.6 Å². The predicted octanol–water partition coefficient (Wildman–Crippen LogP) is 2.53. The fourth-order valence-electron chi connectivity index (χ4n) is 2.61. The van der Waals surface area contributed by atoms with Gasteiger partial charge in [-0.2, -0.15) is 5.26 Å². The standard InChI is InChI=1S/C14H12N4O2/c15-8-10-7-11(18(19)20)5-6-13(10)17-9-16-12-3-1-2-4-14(12)17/h5-7,9H,1-4H2. The Balaban J connectivity index is 2.13. The van der Waals surface area contributed by atoms with Gasteiger partial charge in [0.15, 0.2) is 0 Å². The fraction of sp³-hybridized carbons (Fsp3) is 0.286. The van der Waals surface area contributed by atoms with Crippen LogP contribution in [0.4, 0.5) is 5.69 Å². The third kappa shape index (κ3) is 1.93. The number of nitro groups is 1. The third-order valence-electron chi connectivity index (χ3n) is 3.60. The maximum atomic E-state index is 10.8. The van der Waals surface area contributed by atoms with Crippen LogP contribution in [0.3, 0.4) is 0 Å². The Labute approximate surface area is 115 Å². The Morgan fingerprint density at radius 2 is 2.15 bits per heavy atom. The molecule has 0 amide bonds. The summed E-state index contributed by atoms with van der Waals surface area (Å²) in [7, 11) is 0. The number of nitro benzene ring substituents is 1. The molecular formula is C14H12N4O2. The molecule has 100 valence electrons. The van der Waals surface area contributed by atoms with Crippen LogP contribution >= 0.6 is 0 Å². The van der Waals surface area contributed by atoms with E-state index in [2.05, 4.69) is 4.98 Å². The minimum absolute atomic E-state index is 0.0701. The second-order valence-electron chi connectivity index (χ2n) is 4.79. The smallest absolute Gasteiger partial charge is 0.270 e. The van der Waals surface area contributed by atoms with Gasteiger partial charge in [-0.05, 0) is 31.7 Å². The van der Waals surface area contributed by atoms with Crippen molar-refractivity contribution in [3.8, 4) is 11.8 Å². The molecule has 0 radical (unpaired) electrons. The van der Waals surface area contributed by atoms with Gasteiger partial charge in [-0.1, -0.05) is 0 Å². The zero-order valence-electron chi connectivity index (χ0n) is 10.7. The van der Waals surface area contributed by atoms with Gasteiger partial charge >= 0.3 is 0 Å². The van der Waals surface area contributed by atoms with Gasteiger partial charge in [-0.25, -0.2) is 4.98 Å². The van der Waals surface area contributed by atoms with Gasteiger partial charge in [-0.3, -0.25) is 10.1 Å². The number of imidazole rings is 1. The third-order valence-corrected chi connectivity index (χ3v) is 3.60. The van der Waals surface area contributed by atoms with E-state index in [9.17, 15) is 15.4 Å². The molecule has 6 nitrogen and oxygen atoms in total. The highest BCUT2D eigenvalue weighted by atomic mass is 16.6. The van der Waals surface area contributed by atoms with Crippen LogP contribution in [0.25, 0.3) is 5.69 Å². The van der Waals surface area contributed by atoms with Gasteiger partial charge in [0.05, 0.1) is 28.2 Å². The van der Waals surface area contributed by atoms with E-state index in [1.165, 1.54) is 12.1 Å². The summed E-state index contributed by atoms with van der Waals surface area (Å²) >= 11 is 0. The van der Waals surface area contributed by atoms with Crippen molar-refractivity contribution in [1.82, 2.24) is 9.55 Å². The number of aryl methyl sites for hydroxylation is 1. The van der Waals surface area contributed by atoms with Crippen LogP contribution in [-0.4, -0.2) is 14.5 Å². The summed E-state index contributed by atoms with van der Waals surface area (Å²) in [6.07, 6.45) is 5.83. The topological polar surface area (TPSA) is 84.7 Å². The molecule has 0 fully saturated rings. The molecule has 0 aliphatic heterocycles. The molecule has 20 heavy (non-hydrogen) atoms. The molecule has 0 spiro atoms. The number of hydrogen-bond donors (Lipinski definition) is 0. The molecule has 1 aromatic carbocycles. The molecule has 0 saturated heterocycles. The van der Waals surface area contributed by atoms with E-state index in [1.54, 1.807) is 12.4 Å². The minimum Gasteiger partial charge on any atom is -0.302 e. The maximum absolute atomic E-state index is 10.8. The molecule has 0 atom stereocenters. The summed E-state index contributed by atoms with van der Waals surface area (Å²) in [6.45, 7) is 0. The molecule has 6 heteroatoms. The lowest BCUT2D eigenvalue weighted by Crippen LogP contribution is -2.08. The van der Waals surface area contributed by atoms with Crippen LogP contribution in [0.1, 0.15) is 29.8 Å². The molecule has 1 aliphatic carbocycles. The van der Waals surface area contributed by atoms with Crippen molar-refractivity contribution in [2.75, 3.05) is 0 Å². The average molecular weight is 268 g/mol. The molecule has 0 N–H and O–H groups in total. The van der Waals surface area contributed by atoms with Crippen LogP contribution < -0.4 is 0 Å². The number of nitriles is 1. The van der Waals surface area contributed by atoms with Crippen molar-refractivity contribution in [3.63, 3.8) is 0 Å². The zero-order valence-corrected chi connectivity index (χ0v) is 10.7. The molecular weight excluding hydrogens is 256 g/mol. The van der Waals surface area contributed by atoms with E-state index in [0.29, 0.717) is 11.3 Å². The van der Waals surface area contributed by atoms with Gasteiger partial charge in [0.25, 0.3) is 5.69 Å². The van der Waals surface area contributed by atoms with Crippen molar-refractivity contribution >= 4 is 5.69 Å². The first-order valence-electron chi connectivity index (χ1n) is 6.44. The fourth-order valence-corrected chi connectivity index (χ4v) is 2.61. The lowest BCUT2D eigenvalue weighted by Gasteiger charge is -2.14. The Morgan fingerprint density at radius 3 is 2.90 bits per heavy atom. The molecule has 1 heterocycles. The van der Waals surface area contributed by atoms with Gasteiger partial charge < -0.3 is 4.57 Å². The number of nitrogens with zero attached hydrogens (tertiary/aromatic N) is 4. The largest absolute Gasteiger partial charge is 0.302 e. The van der Waals surface area contributed by atoms with E-state index < -0.39 is 4.92 Å². The number of non-ortho nitro benzene ring substituents is 1. The first-order chi connectivity index (χ1) is 9.70. The van der Waals surface area contributed by atoms with E-state index in [4.69, 9.17) is 0 Å². The highest BCUT2D eigenvalue weighted by Crippen LogP contribution is 2.26. The summed E-state index contributed by atoms with van der Waals surface area (Å²) in [5, 5.41) is 20.0. The lowest BCUT2D eigenvalue weighted by atomic mass is 10.0. The molecule has 0 saturated carbocycles. The minimum atomic E-state index is -0.492. The SMILES string of the molecule is N#Cc1cc([N+](=O)[O-])ccc1-n1cnc2c1CCCC2. The zero-order chi connectivity index (χ0) is 14.1. The van der Waals surface area contributed by atoms with Crippen LogP contribution in [0.15, 0.2) is 24.5 Å². The molecule has 0 unspecified atom stereocenters. The number of hydrogen-bond acceptors (Lipinski definition) is 4. The van der Waals surface area contributed by atoms with Crippen molar-refractivity contribution in [1.29, 1.82) is 5.26 Å². The number of fused-ring (bicyclic) bond motifs is 1. The van der Waals surface area contributed by atoms with Crippen LogP contribution in [-0.2, 0) is 12.8 Å². The summed E-state index contributed by atoms with van der Waals surface area (Å²) in [5.41, 5.74) is 3.07. The predicted molar refractivity (Wildman–Crippen MR) is 71.6 cm³/mol. The molecule has 1 aromatic heterocycles. The van der Waals surface area contributed by atoms with Crippen LogP contribution in [0, 0.1) is 21.4 Å². The lowest BCUT2D eigenvalue weighted by molar-refractivity contribution is -0.384. The number of rotatable bonds is 2. The maximum Gasteiger partial charge on any atom is 0.270 e. The Kier molecular flexibility index (Phi) is 2.95. The summed E-state index contributed by atoms with van der Waals surface area (Å²) in [6, 6.07) is 6.38. The van der Waals surface area contributed by atoms with E-state index >= 15 is 0 Å². The number of benzene rings is 1. The van der Waals surface area contributed by atoms with E-state index in [1.807, 2.05) is 10.6 Å². The Hall–Kier alpha value is -2.68. The normalized spacial score (nSPS) is 13.6. The van der Waals surface area contributed by atoms with Crippen LogP contribution in [0.2, 0.25) is 0 Å². The molecule has 3 rings (SSSR count). The molecule has 1 aliphatic rings. The first-order valence-corrected chi connectivity index (χ1v) is 6.44. The highest BCUT2D eigenvalue weighted by molar-refractivity contribution is 5.55. The molecule has 2 aromatic rings. The van der Waals surface area contributed by atoms with Crippen molar-refractivity contribution in [2.24, 2.45) is 0 Å². The van der Waals surface area contributed by atoms with Gasteiger partial charge in [0, 0.05) is 17.8 Å². The first kappa shape index (κ1) is 12.4. The van der Waals surface area contributed by atoms with Gasteiger partial charge in [0.1, 0.15) is 6.07 Å². The average Bonchev–Trinajstić information content (AvgIpc) is 2.90. The van der Waals surface area contributed by atoms with Crippen LogP contribution in [0.5, 0.6) is 0 Å². The second-order valence-corrected chi connectivity index (χ2v) is 4.79. The Bertz CT molecular complexity index is 727. The summed E-state index contributed by atoms with van der Waals surface area (Å²) < 4.78 is 1.89. The van der Waals surface area contributed by atoms with Crippen molar-refractivity contribution in [2.45, 2.75) is 25.7 Å². The monoisotopic (exact) mass is 268 g/mol. The summed E-state index contributed by atoms with van der Waals surface area (Å²) in [4.78, 5) is 14.7. The highest BCUT2D eigenvalue weighted by Gasteiger charge is 2.19. The summed E-state index contributed by atoms with van der Waals surface area (Å²) in [5.74, 6) is 0. The van der Waals surface area contributed by atoms with E-state index in [-0.39, 0.29) is 5.69 Å².